The van der Waals surface area contributed by atoms with Gasteiger partial charge in [0.1, 0.15) is 0 Å². The summed E-state index contributed by atoms with van der Waals surface area (Å²) in [4.78, 5) is 2.64. The van der Waals surface area contributed by atoms with Crippen molar-refractivity contribution >= 4 is 17.3 Å². The first-order chi connectivity index (χ1) is 7.66. The summed E-state index contributed by atoms with van der Waals surface area (Å²) >= 11 is 6.07. The number of halogens is 1. The molecule has 0 heterocycles. The van der Waals surface area contributed by atoms with E-state index in [2.05, 4.69) is 21.9 Å². The van der Waals surface area contributed by atoms with Crippen molar-refractivity contribution in [1.29, 1.82) is 0 Å². The molecule has 0 saturated carbocycles. The summed E-state index contributed by atoms with van der Waals surface area (Å²) in [5, 5.41) is 3.96. The van der Waals surface area contributed by atoms with E-state index in [1.807, 2.05) is 6.92 Å². The molecule has 0 aliphatic rings. The second kappa shape index (κ2) is 5.92. The SMILES string of the molecule is Cc1c(N)ccc(C#CCCN=[N+]=[N-])c1Cl. The maximum absolute atomic E-state index is 8.07. The van der Waals surface area contributed by atoms with E-state index in [-0.39, 0.29) is 0 Å². The Morgan fingerprint density at radius 2 is 2.31 bits per heavy atom. The van der Waals surface area contributed by atoms with Crippen LogP contribution in [0.2, 0.25) is 5.02 Å². The zero-order chi connectivity index (χ0) is 12.0. The van der Waals surface area contributed by atoms with Gasteiger partial charge in [0.25, 0.3) is 0 Å². The topological polar surface area (TPSA) is 74.8 Å². The second-order valence-electron chi connectivity index (χ2n) is 3.15. The molecule has 1 aromatic carbocycles. The lowest BCUT2D eigenvalue weighted by Crippen LogP contribution is -1.91. The van der Waals surface area contributed by atoms with Gasteiger partial charge in [0.15, 0.2) is 0 Å². The van der Waals surface area contributed by atoms with Gasteiger partial charge in [-0.25, -0.2) is 0 Å². The summed E-state index contributed by atoms with van der Waals surface area (Å²) in [6.45, 7) is 2.22. The summed E-state index contributed by atoms with van der Waals surface area (Å²) in [5.41, 5.74) is 16.0. The Labute approximate surface area is 99.0 Å². The molecule has 0 fully saturated rings. The molecular weight excluding hydrogens is 224 g/mol. The smallest absolute Gasteiger partial charge is 0.0612 e. The van der Waals surface area contributed by atoms with Crippen LogP contribution in [0.3, 0.4) is 0 Å². The highest BCUT2D eigenvalue weighted by Gasteiger charge is 2.03. The van der Waals surface area contributed by atoms with Crippen LogP contribution < -0.4 is 5.73 Å². The zero-order valence-corrected chi connectivity index (χ0v) is 9.62. The first-order valence-corrected chi connectivity index (χ1v) is 5.09. The van der Waals surface area contributed by atoms with E-state index in [1.54, 1.807) is 12.1 Å². The van der Waals surface area contributed by atoms with Crippen LogP contribution in [0.5, 0.6) is 0 Å². The number of nitrogen functional groups attached to an aromatic ring is 1. The van der Waals surface area contributed by atoms with Crippen LogP contribution >= 0.6 is 11.6 Å². The number of hydrogen-bond acceptors (Lipinski definition) is 2. The van der Waals surface area contributed by atoms with Crippen molar-refractivity contribution in [3.63, 3.8) is 0 Å². The lowest BCUT2D eigenvalue weighted by molar-refractivity contribution is 1.01. The first kappa shape index (κ1) is 12.3. The van der Waals surface area contributed by atoms with Crippen LogP contribution in [0, 0.1) is 18.8 Å². The maximum Gasteiger partial charge on any atom is 0.0612 e. The fraction of sp³-hybridized carbons (Fsp3) is 0.273. The van der Waals surface area contributed by atoms with Crippen LogP contribution in [-0.2, 0) is 0 Å². The van der Waals surface area contributed by atoms with Crippen LogP contribution in [0.4, 0.5) is 5.69 Å². The van der Waals surface area contributed by atoms with Crippen molar-refractivity contribution in [3.8, 4) is 11.8 Å². The lowest BCUT2D eigenvalue weighted by atomic mass is 10.1. The molecule has 0 atom stereocenters. The highest BCUT2D eigenvalue weighted by molar-refractivity contribution is 6.32. The van der Waals surface area contributed by atoms with Gasteiger partial charge in [0.05, 0.1) is 5.02 Å². The minimum absolute atomic E-state index is 0.370. The standard InChI is InChI=1S/C11H11ClN4/c1-8-10(13)6-5-9(11(8)12)4-2-3-7-15-16-14/h5-6H,3,7,13H2,1H3. The minimum atomic E-state index is 0.370. The van der Waals surface area contributed by atoms with Crippen molar-refractivity contribution in [3.05, 3.63) is 38.7 Å². The van der Waals surface area contributed by atoms with Crippen molar-refractivity contribution in [2.24, 2.45) is 5.11 Å². The average molecular weight is 235 g/mol. The third-order valence-electron chi connectivity index (χ3n) is 2.05. The van der Waals surface area contributed by atoms with Crippen LogP contribution in [0.1, 0.15) is 17.5 Å². The molecule has 82 valence electrons. The predicted octanol–water partition coefficient (Wildman–Crippen LogP) is 3.28. The Balaban J connectivity index is 2.81. The minimum Gasteiger partial charge on any atom is -0.398 e. The summed E-state index contributed by atoms with van der Waals surface area (Å²) in [5.74, 6) is 5.80. The van der Waals surface area contributed by atoms with Gasteiger partial charge < -0.3 is 5.73 Å². The van der Waals surface area contributed by atoms with Gasteiger partial charge >= 0.3 is 0 Å². The highest BCUT2D eigenvalue weighted by Crippen LogP contribution is 2.24. The molecule has 0 aliphatic carbocycles. The molecule has 1 aromatic rings. The van der Waals surface area contributed by atoms with Gasteiger partial charge in [-0.15, -0.1) is 0 Å². The molecule has 0 radical (unpaired) electrons. The van der Waals surface area contributed by atoms with Crippen LogP contribution in [0.25, 0.3) is 10.4 Å². The Morgan fingerprint density at radius 1 is 1.56 bits per heavy atom. The van der Waals surface area contributed by atoms with E-state index >= 15 is 0 Å². The lowest BCUT2D eigenvalue weighted by Gasteiger charge is -2.03. The molecule has 0 amide bonds. The third kappa shape index (κ3) is 3.09. The molecule has 2 N–H and O–H groups in total. The van der Waals surface area contributed by atoms with E-state index < -0.39 is 0 Å². The maximum atomic E-state index is 8.07. The quantitative estimate of drug-likeness (QED) is 0.209. The normalized spacial score (nSPS) is 8.88. The molecule has 0 aliphatic heterocycles. The number of nitrogens with zero attached hydrogens (tertiary/aromatic N) is 3. The van der Waals surface area contributed by atoms with Gasteiger partial charge in [-0.3, -0.25) is 0 Å². The number of hydrogen-bond donors (Lipinski definition) is 1. The molecule has 0 aromatic heterocycles. The molecule has 0 unspecified atom stereocenters. The van der Waals surface area contributed by atoms with E-state index in [4.69, 9.17) is 22.9 Å². The average Bonchev–Trinajstić information content (AvgIpc) is 2.28. The predicted molar refractivity (Wildman–Crippen MR) is 66.1 cm³/mol. The van der Waals surface area contributed by atoms with Crippen molar-refractivity contribution in [1.82, 2.24) is 0 Å². The number of anilines is 1. The Hall–Kier alpha value is -1.82. The third-order valence-corrected chi connectivity index (χ3v) is 2.54. The van der Waals surface area contributed by atoms with Gasteiger partial charge in [-0.2, -0.15) is 0 Å². The fourth-order valence-corrected chi connectivity index (χ4v) is 1.32. The van der Waals surface area contributed by atoms with E-state index in [0.29, 0.717) is 23.7 Å². The van der Waals surface area contributed by atoms with Crippen LogP contribution in [-0.4, -0.2) is 6.54 Å². The summed E-state index contributed by atoms with van der Waals surface area (Å²) in [6.07, 6.45) is 0.518. The number of nitrogens with two attached hydrogens (primary N) is 1. The van der Waals surface area contributed by atoms with Gasteiger partial charge in [-0.1, -0.05) is 28.6 Å². The number of rotatable bonds is 2. The molecule has 4 nitrogen and oxygen atoms in total. The summed E-state index contributed by atoms with van der Waals surface area (Å²) < 4.78 is 0. The Morgan fingerprint density at radius 3 is 3.00 bits per heavy atom. The second-order valence-corrected chi connectivity index (χ2v) is 3.53. The molecule has 1 rings (SSSR count). The van der Waals surface area contributed by atoms with Gasteiger partial charge in [0.2, 0.25) is 0 Å². The molecule has 5 heteroatoms. The summed E-state index contributed by atoms with van der Waals surface area (Å²) in [6, 6.07) is 3.56. The largest absolute Gasteiger partial charge is 0.398 e. The highest BCUT2D eigenvalue weighted by atomic mass is 35.5. The Bertz CT molecular complexity index is 493. The van der Waals surface area contributed by atoms with Crippen LogP contribution in [0.15, 0.2) is 17.2 Å². The molecule has 0 saturated heterocycles. The van der Waals surface area contributed by atoms with Crippen molar-refractivity contribution < 1.29 is 0 Å². The summed E-state index contributed by atoms with van der Waals surface area (Å²) in [7, 11) is 0. The van der Waals surface area contributed by atoms with E-state index in [1.165, 1.54) is 0 Å². The first-order valence-electron chi connectivity index (χ1n) is 4.71. The Kier molecular flexibility index (Phi) is 4.53. The molecule has 16 heavy (non-hydrogen) atoms. The van der Waals surface area contributed by atoms with Crippen molar-refractivity contribution in [2.75, 3.05) is 12.3 Å². The molecule has 0 bridgehead atoms. The van der Waals surface area contributed by atoms with Gasteiger partial charge in [-0.05, 0) is 30.2 Å². The molecule has 0 spiro atoms. The van der Waals surface area contributed by atoms with E-state index in [9.17, 15) is 0 Å². The van der Waals surface area contributed by atoms with E-state index in [0.717, 1.165) is 11.1 Å². The molecular formula is C11H11ClN4. The van der Waals surface area contributed by atoms with Crippen molar-refractivity contribution in [2.45, 2.75) is 13.3 Å². The fourth-order valence-electron chi connectivity index (χ4n) is 1.10. The number of azide groups is 1. The zero-order valence-electron chi connectivity index (χ0n) is 8.87. The van der Waals surface area contributed by atoms with Gasteiger partial charge in [0, 0.05) is 29.1 Å². The monoisotopic (exact) mass is 234 g/mol. The number of benzene rings is 1.